The largest absolute Gasteiger partial charge is 0.493 e. The Labute approximate surface area is 104 Å². The van der Waals surface area contributed by atoms with Crippen LogP contribution < -0.4 is 4.74 Å². The number of benzene rings is 1. The first-order valence-electron chi connectivity index (χ1n) is 5.49. The summed E-state index contributed by atoms with van der Waals surface area (Å²) in [4.78, 5) is 22.5. The number of hydrogen-bond acceptors (Lipinski definition) is 3. The van der Waals surface area contributed by atoms with Crippen LogP contribution in [0.3, 0.4) is 0 Å². The first-order valence-corrected chi connectivity index (χ1v) is 5.49. The molecule has 4 nitrogen and oxygen atoms in total. The molecule has 1 aromatic rings. The van der Waals surface area contributed by atoms with Crippen molar-refractivity contribution in [3.8, 4) is 5.75 Å². The number of para-hydroxylation sites is 1. The predicted octanol–water partition coefficient (Wildman–Crippen LogP) is 2.23. The second-order valence-corrected chi connectivity index (χ2v) is 4.25. The SMILES string of the molecule is COc1c(F)cccc1C(C(=O)C(=O)O)C(C)C. The van der Waals surface area contributed by atoms with E-state index in [-0.39, 0.29) is 17.2 Å². The van der Waals surface area contributed by atoms with Gasteiger partial charge in [-0.25, -0.2) is 9.18 Å². The molecule has 1 atom stereocenters. The number of carboxylic acids is 1. The second kappa shape index (κ2) is 5.62. The number of aliphatic carboxylic acids is 1. The van der Waals surface area contributed by atoms with E-state index >= 15 is 0 Å². The van der Waals surface area contributed by atoms with E-state index in [9.17, 15) is 14.0 Å². The van der Waals surface area contributed by atoms with Gasteiger partial charge in [0.1, 0.15) is 0 Å². The van der Waals surface area contributed by atoms with E-state index in [1.807, 2.05) is 0 Å². The number of Topliss-reactive ketones (excluding diaryl/α,β-unsaturated/α-hetero) is 1. The van der Waals surface area contributed by atoms with Gasteiger partial charge in [0.05, 0.1) is 13.0 Å². The Hall–Kier alpha value is -1.91. The van der Waals surface area contributed by atoms with Crippen LogP contribution in [0.5, 0.6) is 5.75 Å². The fourth-order valence-corrected chi connectivity index (χ4v) is 1.92. The molecule has 0 amide bonds. The van der Waals surface area contributed by atoms with Crippen LogP contribution in [0.1, 0.15) is 25.3 Å². The van der Waals surface area contributed by atoms with Gasteiger partial charge in [0.2, 0.25) is 5.78 Å². The number of ketones is 1. The molecule has 0 fully saturated rings. The molecule has 0 aliphatic carbocycles. The van der Waals surface area contributed by atoms with Gasteiger partial charge in [0.15, 0.2) is 11.6 Å². The first kappa shape index (κ1) is 14.2. The number of hydrogen-bond donors (Lipinski definition) is 1. The van der Waals surface area contributed by atoms with E-state index in [0.717, 1.165) is 0 Å². The monoisotopic (exact) mass is 254 g/mol. The lowest BCUT2D eigenvalue weighted by molar-refractivity contribution is -0.150. The third-order valence-corrected chi connectivity index (χ3v) is 2.70. The van der Waals surface area contributed by atoms with Crippen molar-refractivity contribution in [2.75, 3.05) is 7.11 Å². The zero-order valence-corrected chi connectivity index (χ0v) is 10.4. The molecule has 0 aliphatic rings. The van der Waals surface area contributed by atoms with Crippen molar-refractivity contribution in [3.05, 3.63) is 29.6 Å². The third-order valence-electron chi connectivity index (χ3n) is 2.70. The number of methoxy groups -OCH3 is 1. The molecule has 1 N–H and O–H groups in total. The maximum Gasteiger partial charge on any atom is 0.372 e. The number of carbonyl (C=O) groups excluding carboxylic acids is 1. The number of carbonyl (C=O) groups is 2. The summed E-state index contributed by atoms with van der Waals surface area (Å²) >= 11 is 0. The summed E-state index contributed by atoms with van der Waals surface area (Å²) in [6, 6.07) is 4.14. The van der Waals surface area contributed by atoms with Crippen molar-refractivity contribution in [2.24, 2.45) is 5.92 Å². The molecule has 1 unspecified atom stereocenters. The first-order chi connectivity index (χ1) is 8.40. The van der Waals surface area contributed by atoms with Gasteiger partial charge in [-0.3, -0.25) is 4.79 Å². The highest BCUT2D eigenvalue weighted by Gasteiger charge is 2.32. The molecule has 0 heterocycles. The van der Waals surface area contributed by atoms with Crippen LogP contribution in [0.4, 0.5) is 4.39 Å². The van der Waals surface area contributed by atoms with Crippen molar-refractivity contribution in [3.63, 3.8) is 0 Å². The van der Waals surface area contributed by atoms with E-state index in [1.54, 1.807) is 13.8 Å². The molecule has 0 bridgehead atoms. The molecule has 1 aromatic carbocycles. The Bertz CT molecular complexity index is 468. The highest BCUT2D eigenvalue weighted by molar-refractivity contribution is 6.35. The van der Waals surface area contributed by atoms with Gasteiger partial charge in [-0.05, 0) is 12.0 Å². The molecule has 0 aliphatic heterocycles. The number of ether oxygens (including phenoxy) is 1. The topological polar surface area (TPSA) is 63.6 Å². The quantitative estimate of drug-likeness (QED) is 0.818. The minimum atomic E-state index is -1.53. The fourth-order valence-electron chi connectivity index (χ4n) is 1.92. The van der Waals surface area contributed by atoms with E-state index < -0.39 is 23.5 Å². The van der Waals surface area contributed by atoms with Gasteiger partial charge >= 0.3 is 5.97 Å². The minimum Gasteiger partial charge on any atom is -0.493 e. The molecule has 0 spiro atoms. The Morgan fingerprint density at radius 2 is 1.94 bits per heavy atom. The van der Waals surface area contributed by atoms with Gasteiger partial charge in [-0.1, -0.05) is 26.0 Å². The van der Waals surface area contributed by atoms with Gasteiger partial charge < -0.3 is 9.84 Å². The van der Waals surface area contributed by atoms with Gasteiger partial charge in [-0.2, -0.15) is 0 Å². The Morgan fingerprint density at radius 1 is 1.33 bits per heavy atom. The molecule has 0 saturated carbocycles. The molecule has 98 valence electrons. The summed E-state index contributed by atoms with van der Waals surface area (Å²) in [6.07, 6.45) is 0. The molecule has 5 heteroatoms. The Balaban J connectivity index is 3.35. The lowest BCUT2D eigenvalue weighted by Crippen LogP contribution is -2.26. The van der Waals surface area contributed by atoms with Crippen LogP contribution in [0, 0.1) is 11.7 Å². The maximum atomic E-state index is 13.6. The predicted molar refractivity (Wildman–Crippen MR) is 63.2 cm³/mol. The van der Waals surface area contributed by atoms with Gasteiger partial charge in [0, 0.05) is 5.56 Å². The van der Waals surface area contributed by atoms with E-state index in [2.05, 4.69) is 0 Å². The average molecular weight is 254 g/mol. The van der Waals surface area contributed by atoms with Crippen LogP contribution in [-0.4, -0.2) is 24.0 Å². The Morgan fingerprint density at radius 3 is 2.39 bits per heavy atom. The summed E-state index contributed by atoms with van der Waals surface area (Å²) in [7, 11) is 1.28. The van der Waals surface area contributed by atoms with Crippen molar-refractivity contribution in [1.29, 1.82) is 0 Å². The van der Waals surface area contributed by atoms with Crippen LogP contribution in [-0.2, 0) is 9.59 Å². The molecule has 1 rings (SSSR count). The summed E-state index contributed by atoms with van der Waals surface area (Å²) in [5.41, 5.74) is 0.264. The molecule has 18 heavy (non-hydrogen) atoms. The maximum absolute atomic E-state index is 13.6. The third kappa shape index (κ3) is 2.67. The van der Waals surface area contributed by atoms with Crippen molar-refractivity contribution >= 4 is 11.8 Å². The van der Waals surface area contributed by atoms with Crippen molar-refractivity contribution < 1.29 is 23.8 Å². The van der Waals surface area contributed by atoms with E-state index in [0.29, 0.717) is 0 Å². The molecule has 0 saturated heterocycles. The number of halogens is 1. The van der Waals surface area contributed by atoms with E-state index in [4.69, 9.17) is 9.84 Å². The zero-order chi connectivity index (χ0) is 13.9. The highest BCUT2D eigenvalue weighted by Crippen LogP contribution is 2.34. The van der Waals surface area contributed by atoms with Gasteiger partial charge in [-0.15, -0.1) is 0 Å². The molecular formula is C13H15FO4. The van der Waals surface area contributed by atoms with Crippen LogP contribution in [0.25, 0.3) is 0 Å². The van der Waals surface area contributed by atoms with Gasteiger partial charge in [0.25, 0.3) is 0 Å². The number of rotatable bonds is 5. The highest BCUT2D eigenvalue weighted by atomic mass is 19.1. The minimum absolute atomic E-state index is 0.0780. The zero-order valence-electron chi connectivity index (χ0n) is 10.4. The van der Waals surface area contributed by atoms with Crippen LogP contribution in [0.2, 0.25) is 0 Å². The normalized spacial score (nSPS) is 12.3. The molecule has 0 aromatic heterocycles. The molecule has 0 radical (unpaired) electrons. The van der Waals surface area contributed by atoms with Crippen LogP contribution in [0.15, 0.2) is 18.2 Å². The summed E-state index contributed by atoms with van der Waals surface area (Å²) < 4.78 is 18.5. The summed E-state index contributed by atoms with van der Waals surface area (Å²) in [6.45, 7) is 3.41. The van der Waals surface area contributed by atoms with E-state index in [1.165, 1.54) is 25.3 Å². The fraction of sp³-hybridized carbons (Fsp3) is 0.385. The van der Waals surface area contributed by atoms with Crippen molar-refractivity contribution in [1.82, 2.24) is 0 Å². The standard InChI is InChI=1S/C13H15FO4/c1-7(2)10(11(15)13(16)17)8-5-4-6-9(14)12(8)18-3/h4-7,10H,1-3H3,(H,16,17). The lowest BCUT2D eigenvalue weighted by atomic mass is 9.84. The summed E-state index contributed by atoms with van der Waals surface area (Å²) in [5.74, 6) is -4.38. The Kier molecular flexibility index (Phi) is 4.42. The second-order valence-electron chi connectivity index (χ2n) is 4.25. The molecular weight excluding hydrogens is 239 g/mol. The average Bonchev–Trinajstić information content (AvgIpc) is 2.28. The van der Waals surface area contributed by atoms with Crippen molar-refractivity contribution in [2.45, 2.75) is 19.8 Å². The summed E-state index contributed by atoms with van der Waals surface area (Å²) in [5, 5.41) is 8.81. The lowest BCUT2D eigenvalue weighted by Gasteiger charge is -2.20. The number of carboxylic acid groups (broad SMARTS) is 1. The smallest absolute Gasteiger partial charge is 0.372 e. The van der Waals surface area contributed by atoms with Crippen LogP contribution >= 0.6 is 0 Å².